The van der Waals surface area contributed by atoms with E-state index in [0.717, 1.165) is 51.4 Å². The molecule has 0 saturated heterocycles. The molecule has 0 heterocycles. The fraction of sp³-hybridized carbons (Fsp3) is 0.721. The van der Waals surface area contributed by atoms with E-state index >= 15 is 0 Å². The number of carbonyl (C=O) groups excluding carboxylic acids is 2. The first-order valence-electron chi connectivity index (χ1n) is 20.6. The fourth-order valence-electron chi connectivity index (χ4n) is 5.53. The molecule has 0 aromatic heterocycles. The van der Waals surface area contributed by atoms with Gasteiger partial charge in [0.25, 0.3) is 0 Å². The van der Waals surface area contributed by atoms with E-state index in [-0.39, 0.29) is 19.4 Å². The molecule has 0 spiro atoms. The zero-order chi connectivity index (χ0) is 38.2. The topological polar surface area (TPSA) is 119 Å². The minimum absolute atomic E-state index is 0.133. The highest BCUT2D eigenvalue weighted by molar-refractivity contribution is 7.46. The number of unbranched alkanes of at least 4 members (excludes halogenated alkanes) is 17. The fourth-order valence-corrected chi connectivity index (χ4v) is 5.89. The van der Waals surface area contributed by atoms with Crippen molar-refractivity contribution in [2.24, 2.45) is 0 Å². The summed E-state index contributed by atoms with van der Waals surface area (Å²) >= 11 is 0. The minimum atomic E-state index is -4.77. The van der Waals surface area contributed by atoms with Crippen molar-refractivity contribution in [1.29, 1.82) is 0 Å². The van der Waals surface area contributed by atoms with Crippen LogP contribution in [0.1, 0.15) is 181 Å². The van der Waals surface area contributed by atoms with Crippen LogP contribution in [0.25, 0.3) is 0 Å². The summed E-state index contributed by atoms with van der Waals surface area (Å²) in [4.78, 5) is 42.8. The van der Waals surface area contributed by atoms with Crippen LogP contribution in [0, 0.1) is 0 Å². The first kappa shape index (κ1) is 49.8. The Morgan fingerprint density at radius 1 is 0.519 bits per heavy atom. The van der Waals surface area contributed by atoms with Gasteiger partial charge in [-0.2, -0.15) is 0 Å². The van der Waals surface area contributed by atoms with E-state index in [0.29, 0.717) is 12.8 Å². The van der Waals surface area contributed by atoms with Gasteiger partial charge in [0.1, 0.15) is 6.61 Å². The number of carbonyl (C=O) groups is 2. The van der Waals surface area contributed by atoms with E-state index < -0.39 is 32.5 Å². The highest BCUT2D eigenvalue weighted by atomic mass is 31.2. The third kappa shape index (κ3) is 40.5. The van der Waals surface area contributed by atoms with E-state index in [4.69, 9.17) is 19.3 Å². The van der Waals surface area contributed by atoms with Crippen LogP contribution < -0.4 is 0 Å². The molecular formula is C43H75O8P. The SMILES string of the molecule is CC/C=C/C/C=C/C/C=C/C/C=C/C/C=C/CCCC(=O)O[C@H](COC(=O)CCCCCCCCCCCCCCCCCCC)COP(=O)(O)O. The van der Waals surface area contributed by atoms with Gasteiger partial charge >= 0.3 is 19.8 Å². The Hall–Kier alpha value is -2.25. The predicted molar refractivity (Wildman–Crippen MR) is 216 cm³/mol. The van der Waals surface area contributed by atoms with Gasteiger partial charge in [0, 0.05) is 12.8 Å². The Morgan fingerprint density at radius 2 is 0.923 bits per heavy atom. The summed E-state index contributed by atoms with van der Waals surface area (Å²) in [5.41, 5.74) is 0. The number of hydrogen-bond acceptors (Lipinski definition) is 6. The number of phosphoric acid groups is 1. The van der Waals surface area contributed by atoms with Gasteiger partial charge in [0.05, 0.1) is 6.61 Å². The van der Waals surface area contributed by atoms with E-state index in [1.54, 1.807) is 0 Å². The molecule has 0 aliphatic rings. The van der Waals surface area contributed by atoms with Gasteiger partial charge in [0.15, 0.2) is 6.10 Å². The van der Waals surface area contributed by atoms with Gasteiger partial charge in [0.2, 0.25) is 0 Å². The van der Waals surface area contributed by atoms with Crippen LogP contribution in [0.5, 0.6) is 0 Å². The molecule has 0 fully saturated rings. The lowest BCUT2D eigenvalue weighted by Crippen LogP contribution is -2.29. The molecule has 0 bridgehead atoms. The van der Waals surface area contributed by atoms with Crippen LogP contribution in [-0.4, -0.2) is 41.0 Å². The normalized spacial score (nSPS) is 13.1. The van der Waals surface area contributed by atoms with Crippen molar-refractivity contribution >= 4 is 19.8 Å². The summed E-state index contributed by atoms with van der Waals surface area (Å²) in [5, 5.41) is 0. The third-order valence-corrected chi connectivity index (χ3v) is 9.04. The zero-order valence-corrected chi connectivity index (χ0v) is 33.8. The van der Waals surface area contributed by atoms with E-state index in [1.807, 2.05) is 12.2 Å². The van der Waals surface area contributed by atoms with Crippen LogP contribution in [0.4, 0.5) is 0 Å². The molecule has 0 radical (unpaired) electrons. The summed E-state index contributed by atoms with van der Waals surface area (Å²) < 4.78 is 26.3. The van der Waals surface area contributed by atoms with Gasteiger partial charge < -0.3 is 19.3 Å². The van der Waals surface area contributed by atoms with Gasteiger partial charge in [-0.1, -0.05) is 177 Å². The minimum Gasteiger partial charge on any atom is -0.462 e. The average Bonchev–Trinajstić information content (AvgIpc) is 3.11. The molecule has 9 heteroatoms. The number of ether oxygens (including phenoxy) is 2. The van der Waals surface area contributed by atoms with Crippen molar-refractivity contribution in [3.05, 3.63) is 60.8 Å². The Labute approximate surface area is 317 Å². The lowest BCUT2D eigenvalue weighted by atomic mass is 10.0. The maximum atomic E-state index is 12.4. The second-order valence-electron chi connectivity index (χ2n) is 13.6. The van der Waals surface area contributed by atoms with Crippen molar-refractivity contribution in [3.63, 3.8) is 0 Å². The van der Waals surface area contributed by atoms with Crippen LogP contribution in [-0.2, 0) is 28.2 Å². The molecule has 8 nitrogen and oxygen atoms in total. The average molecular weight is 751 g/mol. The summed E-state index contributed by atoms with van der Waals surface area (Å²) in [6, 6.07) is 0. The second-order valence-corrected chi connectivity index (χ2v) is 14.8. The summed E-state index contributed by atoms with van der Waals surface area (Å²) in [6.45, 7) is 3.53. The number of rotatable bonds is 37. The van der Waals surface area contributed by atoms with Gasteiger partial charge in [-0.3, -0.25) is 14.1 Å². The first-order chi connectivity index (χ1) is 25.3. The molecule has 0 saturated carbocycles. The maximum Gasteiger partial charge on any atom is 0.469 e. The lowest BCUT2D eigenvalue weighted by molar-refractivity contribution is -0.161. The maximum absolute atomic E-state index is 12.4. The Kier molecular flexibility index (Phi) is 36.8. The first-order valence-corrected chi connectivity index (χ1v) is 22.1. The standard InChI is InChI=1S/C43H75O8P/c1-3-5-7-9-11-13-15-17-19-21-23-25-27-29-31-33-35-37-42(44)49-39-41(40-50-52(46,47)48)51-43(45)38-36-34-32-30-28-26-24-22-20-18-16-14-12-10-8-6-4-2/h6,8,12,14,18,20,24,26,30,32,41H,3-5,7,9-11,13,15-17,19,21-23,25,27-29,31,33-40H2,1-2H3,(H2,46,47,48)/b8-6+,14-12+,20-18+,26-24+,32-30+/t41-/m1/s1. The largest absolute Gasteiger partial charge is 0.469 e. The molecule has 0 rings (SSSR count). The monoisotopic (exact) mass is 751 g/mol. The number of hydrogen-bond donors (Lipinski definition) is 2. The smallest absolute Gasteiger partial charge is 0.462 e. The van der Waals surface area contributed by atoms with Crippen molar-refractivity contribution in [2.75, 3.05) is 13.2 Å². The second kappa shape index (κ2) is 38.5. The zero-order valence-electron chi connectivity index (χ0n) is 32.9. The van der Waals surface area contributed by atoms with E-state index in [1.165, 1.54) is 89.9 Å². The van der Waals surface area contributed by atoms with Crippen LogP contribution in [0.15, 0.2) is 60.8 Å². The molecule has 0 unspecified atom stereocenters. The summed E-state index contributed by atoms with van der Waals surface area (Å²) in [5.74, 6) is -0.951. The summed E-state index contributed by atoms with van der Waals surface area (Å²) in [6.07, 6.45) is 48.1. The highest BCUT2D eigenvalue weighted by Crippen LogP contribution is 2.36. The molecule has 0 aromatic rings. The molecule has 52 heavy (non-hydrogen) atoms. The van der Waals surface area contributed by atoms with Crippen molar-refractivity contribution in [3.8, 4) is 0 Å². The Bertz CT molecular complexity index is 1030. The molecule has 1 atom stereocenters. The lowest BCUT2D eigenvalue weighted by Gasteiger charge is -2.18. The van der Waals surface area contributed by atoms with Gasteiger partial charge in [-0.05, 0) is 51.4 Å². The summed E-state index contributed by atoms with van der Waals surface area (Å²) in [7, 11) is -4.77. The van der Waals surface area contributed by atoms with Crippen molar-refractivity contribution < 1.29 is 37.9 Å². The predicted octanol–water partition coefficient (Wildman–Crippen LogP) is 12.5. The van der Waals surface area contributed by atoms with Crippen LogP contribution in [0.3, 0.4) is 0 Å². The van der Waals surface area contributed by atoms with E-state index in [9.17, 15) is 14.2 Å². The van der Waals surface area contributed by atoms with Crippen molar-refractivity contribution in [2.45, 2.75) is 187 Å². The number of phosphoric ester groups is 1. The molecule has 0 aliphatic heterocycles. The Balaban J connectivity index is 4.01. The number of esters is 2. The van der Waals surface area contributed by atoms with Crippen LogP contribution >= 0.6 is 7.82 Å². The quantitative estimate of drug-likeness (QED) is 0.0279. The van der Waals surface area contributed by atoms with Gasteiger partial charge in [-0.25, -0.2) is 4.57 Å². The molecule has 0 aliphatic carbocycles. The third-order valence-electron chi connectivity index (χ3n) is 8.55. The van der Waals surface area contributed by atoms with Gasteiger partial charge in [-0.15, -0.1) is 0 Å². The van der Waals surface area contributed by atoms with Crippen molar-refractivity contribution in [1.82, 2.24) is 0 Å². The highest BCUT2D eigenvalue weighted by Gasteiger charge is 2.22. The molecule has 300 valence electrons. The van der Waals surface area contributed by atoms with E-state index in [2.05, 4.69) is 67.0 Å². The molecular weight excluding hydrogens is 675 g/mol. The molecule has 0 aromatic carbocycles. The molecule has 0 amide bonds. The number of allylic oxidation sites excluding steroid dienone is 10. The molecule has 2 N–H and O–H groups in total. The van der Waals surface area contributed by atoms with Crippen LogP contribution in [0.2, 0.25) is 0 Å². The Morgan fingerprint density at radius 3 is 1.37 bits per heavy atom.